The van der Waals surface area contributed by atoms with E-state index in [0.29, 0.717) is 6.04 Å². The minimum atomic E-state index is 0.585. The van der Waals surface area contributed by atoms with Crippen molar-refractivity contribution in [2.24, 2.45) is 0 Å². The first-order chi connectivity index (χ1) is 7.58. The molecule has 0 saturated carbocycles. The molecule has 0 saturated heterocycles. The number of hydrogen-bond acceptors (Lipinski definition) is 2. The van der Waals surface area contributed by atoms with Gasteiger partial charge in [-0.05, 0) is 41.9 Å². The van der Waals surface area contributed by atoms with Crippen LogP contribution in [0.3, 0.4) is 0 Å². The van der Waals surface area contributed by atoms with E-state index < -0.39 is 0 Å². The van der Waals surface area contributed by atoms with Gasteiger partial charge < -0.3 is 5.32 Å². The average Bonchev–Trinajstić information content (AvgIpc) is 2.58. The van der Waals surface area contributed by atoms with Crippen LogP contribution in [0.5, 0.6) is 0 Å². The van der Waals surface area contributed by atoms with E-state index in [1.165, 1.54) is 14.9 Å². The molecule has 0 fully saturated rings. The van der Waals surface area contributed by atoms with E-state index in [1.807, 2.05) is 11.3 Å². The molecule has 90 valence electrons. The lowest BCUT2D eigenvalue weighted by molar-refractivity contribution is 0.594. The Morgan fingerprint density at radius 2 is 2.31 bits per heavy atom. The number of nitrogens with one attached hydrogen (secondary N) is 1. The summed E-state index contributed by atoms with van der Waals surface area (Å²) in [5, 5.41) is 5.56. The standard InChI is InChI=1S/C13H20BrNS/c1-10(2)15-6-4-5-11(3)7-13-8-12(14)9-16-13/h5,8-10,15H,4,6-7H2,1-3H3. The maximum absolute atomic E-state index is 3.48. The normalized spacial score (nSPS) is 12.4. The van der Waals surface area contributed by atoms with Crippen molar-refractivity contribution in [1.29, 1.82) is 0 Å². The highest BCUT2D eigenvalue weighted by molar-refractivity contribution is 9.10. The maximum atomic E-state index is 3.48. The summed E-state index contributed by atoms with van der Waals surface area (Å²) in [6, 6.07) is 2.79. The van der Waals surface area contributed by atoms with Crippen molar-refractivity contribution in [2.75, 3.05) is 6.54 Å². The zero-order chi connectivity index (χ0) is 12.0. The van der Waals surface area contributed by atoms with Gasteiger partial charge in [0.25, 0.3) is 0 Å². The summed E-state index contributed by atoms with van der Waals surface area (Å²) < 4.78 is 1.20. The van der Waals surface area contributed by atoms with E-state index in [1.54, 1.807) is 0 Å². The molecule has 0 unspecified atom stereocenters. The fourth-order valence-electron chi connectivity index (χ4n) is 1.48. The molecule has 1 heterocycles. The smallest absolute Gasteiger partial charge is 0.0285 e. The number of hydrogen-bond donors (Lipinski definition) is 1. The van der Waals surface area contributed by atoms with Crippen molar-refractivity contribution >= 4 is 27.3 Å². The molecular weight excluding hydrogens is 282 g/mol. The van der Waals surface area contributed by atoms with Gasteiger partial charge in [-0.3, -0.25) is 0 Å². The number of rotatable bonds is 6. The van der Waals surface area contributed by atoms with Crippen LogP contribution in [0.25, 0.3) is 0 Å². The van der Waals surface area contributed by atoms with Gasteiger partial charge >= 0.3 is 0 Å². The lowest BCUT2D eigenvalue weighted by Gasteiger charge is -2.06. The molecule has 0 aliphatic rings. The first-order valence-corrected chi connectivity index (χ1v) is 7.37. The lowest BCUT2D eigenvalue weighted by Crippen LogP contribution is -2.23. The van der Waals surface area contributed by atoms with Crippen molar-refractivity contribution in [1.82, 2.24) is 5.32 Å². The molecule has 1 aromatic rings. The summed E-state index contributed by atoms with van der Waals surface area (Å²) in [6.45, 7) is 7.64. The molecule has 0 atom stereocenters. The van der Waals surface area contributed by atoms with E-state index >= 15 is 0 Å². The third kappa shape index (κ3) is 5.83. The highest BCUT2D eigenvalue weighted by Crippen LogP contribution is 2.22. The molecule has 0 bridgehead atoms. The molecule has 0 spiro atoms. The zero-order valence-electron chi connectivity index (χ0n) is 10.2. The molecule has 0 aliphatic heterocycles. The van der Waals surface area contributed by atoms with Gasteiger partial charge in [0, 0.05) is 27.2 Å². The molecule has 1 N–H and O–H groups in total. The van der Waals surface area contributed by atoms with Crippen LogP contribution in [0.4, 0.5) is 0 Å². The van der Waals surface area contributed by atoms with Crippen molar-refractivity contribution in [2.45, 2.75) is 39.7 Å². The van der Waals surface area contributed by atoms with E-state index in [-0.39, 0.29) is 0 Å². The van der Waals surface area contributed by atoms with E-state index in [4.69, 9.17) is 0 Å². The summed E-state index contributed by atoms with van der Waals surface area (Å²) in [5.74, 6) is 0. The second-order valence-electron chi connectivity index (χ2n) is 4.36. The monoisotopic (exact) mass is 301 g/mol. The number of halogens is 1. The molecule has 16 heavy (non-hydrogen) atoms. The summed E-state index contributed by atoms with van der Waals surface area (Å²) in [4.78, 5) is 1.43. The molecule has 1 nitrogen and oxygen atoms in total. The third-order valence-corrected chi connectivity index (χ3v) is 3.96. The molecular formula is C13H20BrNS. The van der Waals surface area contributed by atoms with Crippen LogP contribution in [0, 0.1) is 0 Å². The largest absolute Gasteiger partial charge is 0.314 e. The van der Waals surface area contributed by atoms with Crippen LogP contribution >= 0.6 is 27.3 Å². The van der Waals surface area contributed by atoms with Crippen LogP contribution in [-0.4, -0.2) is 12.6 Å². The van der Waals surface area contributed by atoms with Gasteiger partial charge in [-0.25, -0.2) is 0 Å². The lowest BCUT2D eigenvalue weighted by atomic mass is 10.1. The molecule has 3 heteroatoms. The van der Waals surface area contributed by atoms with Crippen LogP contribution in [0.15, 0.2) is 27.6 Å². The molecule has 0 amide bonds. The van der Waals surface area contributed by atoms with Crippen molar-refractivity contribution in [3.05, 3.63) is 32.4 Å². The molecule has 0 radical (unpaired) electrons. The van der Waals surface area contributed by atoms with Crippen LogP contribution in [0.2, 0.25) is 0 Å². The molecule has 1 rings (SSSR count). The third-order valence-electron chi connectivity index (χ3n) is 2.26. The Morgan fingerprint density at radius 1 is 1.56 bits per heavy atom. The van der Waals surface area contributed by atoms with Gasteiger partial charge in [-0.15, -0.1) is 11.3 Å². The summed E-state index contributed by atoms with van der Waals surface area (Å²) in [6.07, 6.45) is 4.54. The van der Waals surface area contributed by atoms with Crippen LogP contribution in [0.1, 0.15) is 32.1 Å². The fourth-order valence-corrected chi connectivity index (χ4v) is 3.03. The van der Waals surface area contributed by atoms with Crippen molar-refractivity contribution < 1.29 is 0 Å². The zero-order valence-corrected chi connectivity index (χ0v) is 12.6. The fraction of sp³-hybridized carbons (Fsp3) is 0.538. The van der Waals surface area contributed by atoms with Gasteiger partial charge in [0.05, 0.1) is 0 Å². The number of allylic oxidation sites excluding steroid dienone is 1. The first kappa shape index (κ1) is 13.9. The van der Waals surface area contributed by atoms with E-state index in [2.05, 4.69) is 59.5 Å². The Bertz CT molecular complexity index is 341. The molecule has 0 aromatic carbocycles. The Morgan fingerprint density at radius 3 is 2.88 bits per heavy atom. The number of thiophene rings is 1. The quantitative estimate of drug-likeness (QED) is 0.607. The highest BCUT2D eigenvalue weighted by Gasteiger charge is 1.98. The maximum Gasteiger partial charge on any atom is 0.0285 e. The van der Waals surface area contributed by atoms with Crippen LogP contribution < -0.4 is 5.32 Å². The van der Waals surface area contributed by atoms with Crippen molar-refractivity contribution in [3.8, 4) is 0 Å². The predicted octanol–water partition coefficient (Wildman–Crippen LogP) is 4.39. The Hall–Kier alpha value is -0.120. The summed E-state index contributed by atoms with van der Waals surface area (Å²) >= 11 is 5.30. The minimum absolute atomic E-state index is 0.585. The highest BCUT2D eigenvalue weighted by atomic mass is 79.9. The van der Waals surface area contributed by atoms with E-state index in [9.17, 15) is 0 Å². The van der Waals surface area contributed by atoms with Crippen LogP contribution in [-0.2, 0) is 6.42 Å². The minimum Gasteiger partial charge on any atom is -0.314 e. The SMILES string of the molecule is CC(=CCCNC(C)C)Cc1cc(Br)cs1. The van der Waals surface area contributed by atoms with Gasteiger partial charge in [-0.1, -0.05) is 25.5 Å². The first-order valence-electron chi connectivity index (χ1n) is 5.70. The average molecular weight is 302 g/mol. The van der Waals surface area contributed by atoms with Gasteiger partial charge in [0.2, 0.25) is 0 Å². The van der Waals surface area contributed by atoms with Gasteiger partial charge in [0.1, 0.15) is 0 Å². The Kier molecular flexibility index (Phi) is 6.32. The predicted molar refractivity (Wildman–Crippen MR) is 77.2 cm³/mol. The summed E-state index contributed by atoms with van der Waals surface area (Å²) in [7, 11) is 0. The topological polar surface area (TPSA) is 12.0 Å². The molecule has 1 aromatic heterocycles. The van der Waals surface area contributed by atoms with Gasteiger partial charge in [0.15, 0.2) is 0 Å². The Labute approximate surface area is 111 Å². The second-order valence-corrected chi connectivity index (χ2v) is 6.27. The van der Waals surface area contributed by atoms with E-state index in [0.717, 1.165) is 19.4 Å². The second kappa shape index (κ2) is 7.25. The Balaban J connectivity index is 2.29. The van der Waals surface area contributed by atoms with Gasteiger partial charge in [-0.2, -0.15) is 0 Å². The van der Waals surface area contributed by atoms with Crippen molar-refractivity contribution in [3.63, 3.8) is 0 Å². The summed E-state index contributed by atoms with van der Waals surface area (Å²) in [5.41, 5.74) is 1.46. The molecule has 0 aliphatic carbocycles.